The predicted octanol–water partition coefficient (Wildman–Crippen LogP) is 3.13. The van der Waals surface area contributed by atoms with E-state index < -0.39 is 41.7 Å². The molecule has 168 valence electrons. The highest BCUT2D eigenvalue weighted by Crippen LogP contribution is 2.36. The normalized spacial score (nSPS) is 12.3. The summed E-state index contributed by atoms with van der Waals surface area (Å²) in [5.41, 5.74) is 11.2. The number of nitrogens with one attached hydrogen (secondary N) is 1. The van der Waals surface area contributed by atoms with Crippen LogP contribution in [0.25, 0.3) is 10.8 Å². The molecule has 0 saturated heterocycles. The Balaban J connectivity index is 2.28. The van der Waals surface area contributed by atoms with Crippen molar-refractivity contribution in [1.29, 1.82) is 0 Å². The highest BCUT2D eigenvalue weighted by molar-refractivity contribution is 7.86. The fraction of sp³-hybridized carbons (Fsp3) is 0.0556. The van der Waals surface area contributed by atoms with Crippen molar-refractivity contribution in [1.82, 2.24) is 0 Å². The van der Waals surface area contributed by atoms with Crippen LogP contribution in [0.5, 0.6) is 0 Å². The number of hydrogen-bond donors (Lipinski definition) is 5. The van der Waals surface area contributed by atoms with Crippen LogP contribution in [0.1, 0.15) is 5.56 Å². The van der Waals surface area contributed by atoms with Gasteiger partial charge in [-0.1, -0.05) is 6.07 Å². The summed E-state index contributed by atoms with van der Waals surface area (Å²) in [6.45, 7) is 1.54. The van der Waals surface area contributed by atoms with Crippen molar-refractivity contribution >= 4 is 59.8 Å². The van der Waals surface area contributed by atoms with E-state index >= 15 is 0 Å². The number of anilines is 2. The number of aryl methyl sites for hydroxylation is 1. The first-order valence-corrected chi connectivity index (χ1v) is 11.5. The molecule has 2 amide bonds. The van der Waals surface area contributed by atoms with Gasteiger partial charge in [0, 0.05) is 11.1 Å². The number of amides is 2. The average molecular weight is 479 g/mol. The van der Waals surface area contributed by atoms with E-state index in [1.807, 2.05) is 0 Å². The molecule has 14 heteroatoms. The Hall–Kier alpha value is -3.59. The molecule has 32 heavy (non-hydrogen) atoms. The van der Waals surface area contributed by atoms with Crippen LogP contribution in [-0.2, 0) is 20.2 Å². The number of rotatable bonds is 5. The summed E-state index contributed by atoms with van der Waals surface area (Å²) in [6.07, 6.45) is 0. The van der Waals surface area contributed by atoms with Crippen molar-refractivity contribution in [3.8, 4) is 0 Å². The maximum absolute atomic E-state index is 11.9. The molecule has 0 aliphatic rings. The number of primary amides is 1. The molecule has 0 spiro atoms. The molecule has 0 fully saturated rings. The first kappa shape index (κ1) is 23.1. The third-order valence-corrected chi connectivity index (χ3v) is 6.01. The van der Waals surface area contributed by atoms with Crippen molar-refractivity contribution < 1.29 is 30.7 Å². The van der Waals surface area contributed by atoms with E-state index in [9.17, 15) is 30.7 Å². The van der Waals surface area contributed by atoms with Gasteiger partial charge in [-0.05, 0) is 54.3 Å². The summed E-state index contributed by atoms with van der Waals surface area (Å²) >= 11 is 0. The average Bonchev–Trinajstić information content (AvgIpc) is 2.64. The van der Waals surface area contributed by atoms with E-state index in [1.165, 1.54) is 30.3 Å². The van der Waals surface area contributed by atoms with E-state index in [1.54, 1.807) is 6.92 Å². The van der Waals surface area contributed by atoms with Gasteiger partial charge >= 0.3 is 6.03 Å². The molecule has 7 N–H and O–H groups in total. The molecule has 3 rings (SSSR count). The highest BCUT2D eigenvalue weighted by atomic mass is 32.2. The highest BCUT2D eigenvalue weighted by Gasteiger charge is 2.21. The largest absolute Gasteiger partial charge is 0.399 e. The minimum absolute atomic E-state index is 0.0401. The van der Waals surface area contributed by atoms with Gasteiger partial charge in [-0.2, -0.15) is 16.8 Å². The Morgan fingerprint density at radius 1 is 0.906 bits per heavy atom. The molecule has 0 aliphatic carbocycles. The van der Waals surface area contributed by atoms with Crippen LogP contribution < -0.4 is 16.8 Å². The molecule has 0 radical (unpaired) electrons. The number of nitrogen functional groups attached to an aromatic ring is 1. The quantitative estimate of drug-likeness (QED) is 0.207. The van der Waals surface area contributed by atoms with Gasteiger partial charge in [-0.3, -0.25) is 9.11 Å². The Bertz CT molecular complexity index is 1500. The summed E-state index contributed by atoms with van der Waals surface area (Å²) in [6, 6.07) is 7.94. The maximum Gasteiger partial charge on any atom is 0.316 e. The summed E-state index contributed by atoms with van der Waals surface area (Å²) in [5, 5.41) is 10.0. The Morgan fingerprint density at radius 2 is 1.53 bits per heavy atom. The van der Waals surface area contributed by atoms with E-state index in [2.05, 4.69) is 15.5 Å². The van der Waals surface area contributed by atoms with Crippen molar-refractivity contribution in [2.75, 3.05) is 11.1 Å². The molecule has 0 unspecified atom stereocenters. The maximum atomic E-state index is 11.9. The molecule has 0 bridgehead atoms. The molecule has 0 aliphatic heterocycles. The Kier molecular flexibility index (Phi) is 5.88. The number of carbonyl (C=O) groups is 1. The van der Waals surface area contributed by atoms with E-state index in [4.69, 9.17) is 11.5 Å². The van der Waals surface area contributed by atoms with Crippen LogP contribution in [0.15, 0.2) is 62.5 Å². The minimum atomic E-state index is -4.80. The number of urea groups is 1. The number of hydrogen-bond acceptors (Lipinski definition) is 8. The van der Waals surface area contributed by atoms with Gasteiger partial charge in [0.25, 0.3) is 20.2 Å². The molecular formula is C18H17N5O7S2. The predicted molar refractivity (Wildman–Crippen MR) is 117 cm³/mol. The van der Waals surface area contributed by atoms with Crippen molar-refractivity contribution in [2.24, 2.45) is 16.0 Å². The van der Waals surface area contributed by atoms with Crippen LogP contribution in [-0.4, -0.2) is 32.0 Å². The topological polar surface area (TPSA) is 215 Å². The lowest BCUT2D eigenvalue weighted by Gasteiger charge is -2.10. The second kappa shape index (κ2) is 8.16. The second-order valence-corrected chi connectivity index (χ2v) is 9.50. The van der Waals surface area contributed by atoms with Crippen molar-refractivity contribution in [3.63, 3.8) is 0 Å². The van der Waals surface area contributed by atoms with E-state index in [-0.39, 0.29) is 27.8 Å². The number of nitrogens with two attached hydrogens (primary N) is 2. The Morgan fingerprint density at radius 3 is 2.12 bits per heavy atom. The number of fused-ring (bicyclic) bond motifs is 1. The molecule has 0 saturated carbocycles. The Labute approximate surface area is 182 Å². The molecule has 3 aromatic carbocycles. The summed E-state index contributed by atoms with van der Waals surface area (Å²) in [7, 11) is -9.47. The van der Waals surface area contributed by atoms with Gasteiger partial charge in [0.2, 0.25) is 0 Å². The monoisotopic (exact) mass is 479 g/mol. The van der Waals surface area contributed by atoms with Gasteiger partial charge in [0.05, 0.1) is 5.69 Å². The lowest BCUT2D eigenvalue weighted by atomic mass is 10.1. The van der Waals surface area contributed by atoms with Gasteiger partial charge in [0.1, 0.15) is 21.2 Å². The van der Waals surface area contributed by atoms with Crippen LogP contribution in [0.4, 0.5) is 27.5 Å². The third-order valence-electron chi connectivity index (χ3n) is 4.24. The lowest BCUT2D eigenvalue weighted by molar-refractivity contribution is 0.259. The number of nitrogens with zero attached hydrogens (tertiary/aromatic N) is 2. The standard InChI is InChI=1S/C18H17N5O7S2/c1-9-4-10-6-17(32(28,29)30)15(8-12(10)16(5-9)31(25,26)27)23-22-13-3-2-11(19)7-14(13)21-18(20)24/h2-8H,19H2,1H3,(H3,20,21,24)(H,25,26,27)(H,28,29,30). The van der Waals surface area contributed by atoms with Gasteiger partial charge < -0.3 is 16.8 Å². The molecular weight excluding hydrogens is 462 g/mol. The van der Waals surface area contributed by atoms with Gasteiger partial charge in [-0.15, -0.1) is 10.2 Å². The molecule has 0 heterocycles. The van der Waals surface area contributed by atoms with Crippen LogP contribution in [0.2, 0.25) is 0 Å². The lowest BCUT2D eigenvalue weighted by Crippen LogP contribution is -2.19. The first-order chi connectivity index (χ1) is 14.8. The van der Waals surface area contributed by atoms with Crippen LogP contribution >= 0.6 is 0 Å². The zero-order chi connectivity index (χ0) is 23.8. The SMILES string of the molecule is Cc1cc(S(=O)(=O)O)c2cc(N=Nc3ccc(N)cc3NC(N)=O)c(S(=O)(=O)O)cc2c1. The summed E-state index contributed by atoms with van der Waals surface area (Å²) < 4.78 is 66.7. The molecule has 0 aromatic heterocycles. The summed E-state index contributed by atoms with van der Waals surface area (Å²) in [4.78, 5) is 10.1. The van der Waals surface area contributed by atoms with Crippen LogP contribution in [0.3, 0.4) is 0 Å². The molecule has 12 nitrogen and oxygen atoms in total. The number of carbonyl (C=O) groups excluding carboxylic acids is 1. The van der Waals surface area contributed by atoms with Gasteiger partial charge in [-0.25, -0.2) is 4.79 Å². The van der Waals surface area contributed by atoms with Crippen LogP contribution in [0, 0.1) is 6.92 Å². The number of benzene rings is 3. The van der Waals surface area contributed by atoms with Crippen molar-refractivity contribution in [3.05, 3.63) is 48.0 Å². The minimum Gasteiger partial charge on any atom is -0.399 e. The molecule has 0 atom stereocenters. The molecule has 3 aromatic rings. The fourth-order valence-electron chi connectivity index (χ4n) is 2.97. The van der Waals surface area contributed by atoms with Crippen molar-refractivity contribution in [2.45, 2.75) is 16.7 Å². The zero-order valence-electron chi connectivity index (χ0n) is 16.3. The smallest absolute Gasteiger partial charge is 0.316 e. The van der Waals surface area contributed by atoms with Gasteiger partial charge in [0.15, 0.2) is 0 Å². The third kappa shape index (κ3) is 5.00. The first-order valence-electron chi connectivity index (χ1n) is 8.67. The number of azo groups is 1. The van der Waals surface area contributed by atoms with E-state index in [0.717, 1.165) is 12.1 Å². The van der Waals surface area contributed by atoms with E-state index in [0.29, 0.717) is 5.56 Å². The zero-order valence-corrected chi connectivity index (χ0v) is 18.0. The summed E-state index contributed by atoms with van der Waals surface area (Å²) in [5.74, 6) is 0. The fourth-order valence-corrected chi connectivity index (χ4v) is 4.40. The second-order valence-electron chi connectivity index (χ2n) is 6.72.